The molecule has 0 radical (unpaired) electrons. The molecule has 1 unspecified atom stereocenters. The summed E-state index contributed by atoms with van der Waals surface area (Å²) >= 11 is 0. The molecule has 4 aliphatic rings. The molecule has 0 spiro atoms. The Morgan fingerprint density at radius 3 is 2.57 bits per heavy atom. The zero-order chi connectivity index (χ0) is 17.0. The monoisotopic (exact) mass is 321 g/mol. The van der Waals surface area contributed by atoms with E-state index in [0.717, 1.165) is 18.8 Å². The van der Waals surface area contributed by atoms with Gasteiger partial charge in [0.2, 0.25) is 0 Å². The van der Waals surface area contributed by atoms with Crippen LogP contribution >= 0.6 is 0 Å². The number of carbonyl (C=O) groups is 1. The second-order valence-corrected chi connectivity index (χ2v) is 9.17. The van der Waals surface area contributed by atoms with Gasteiger partial charge in [-0.3, -0.25) is 4.79 Å². The lowest BCUT2D eigenvalue weighted by atomic mass is 9.43. The molecule has 2 bridgehead atoms. The topological polar surface area (TPSA) is 61.6 Å². The van der Waals surface area contributed by atoms with Crippen LogP contribution < -0.4 is 5.73 Å². The van der Waals surface area contributed by atoms with Crippen molar-refractivity contribution in [3.63, 3.8) is 0 Å². The molecule has 4 fully saturated rings. The number of carbonyl (C=O) groups excluding carboxylic acids is 1. The van der Waals surface area contributed by atoms with Crippen LogP contribution in [0.1, 0.15) is 60.3 Å². The zero-order valence-corrected chi connectivity index (χ0v) is 15.3. The molecule has 3 aliphatic carbocycles. The summed E-state index contributed by atoms with van der Waals surface area (Å²) in [7, 11) is -0.252. The highest BCUT2D eigenvalue weighted by Gasteiger charge is 2.68. The van der Waals surface area contributed by atoms with Crippen LogP contribution in [-0.4, -0.2) is 31.2 Å². The van der Waals surface area contributed by atoms with Crippen LogP contribution in [0, 0.1) is 23.2 Å². The molecule has 4 nitrogen and oxygen atoms in total. The molecule has 23 heavy (non-hydrogen) atoms. The maximum absolute atomic E-state index is 11.9. The van der Waals surface area contributed by atoms with Gasteiger partial charge in [0, 0.05) is 12.2 Å². The largest absolute Gasteiger partial charge is 0.461 e. The Balaban J connectivity index is 1.75. The number of hydrogen-bond donors (Lipinski definition) is 1. The Hall–Kier alpha value is -0.385. The van der Waals surface area contributed by atoms with Crippen LogP contribution in [-0.2, 0) is 14.1 Å². The predicted molar refractivity (Wildman–Crippen MR) is 92.0 cm³/mol. The van der Waals surface area contributed by atoms with E-state index >= 15 is 0 Å². The summed E-state index contributed by atoms with van der Waals surface area (Å²) in [6, 6.07) is 0. The van der Waals surface area contributed by atoms with Gasteiger partial charge in [0.25, 0.3) is 0 Å². The molecule has 5 atom stereocenters. The van der Waals surface area contributed by atoms with Gasteiger partial charge in [-0.25, -0.2) is 0 Å². The molecule has 2 N–H and O–H groups in total. The minimum Gasteiger partial charge on any atom is -0.405 e. The van der Waals surface area contributed by atoms with Gasteiger partial charge < -0.3 is 15.0 Å². The summed E-state index contributed by atoms with van der Waals surface area (Å²) < 4.78 is 12.9. The van der Waals surface area contributed by atoms with Crippen LogP contribution in [0.3, 0.4) is 0 Å². The molecule has 0 aromatic rings. The summed E-state index contributed by atoms with van der Waals surface area (Å²) in [5, 5.41) is 0. The molecule has 1 aliphatic heterocycles. The third-order valence-electron chi connectivity index (χ3n) is 6.85. The fourth-order valence-electron chi connectivity index (χ4n) is 5.37. The van der Waals surface area contributed by atoms with Gasteiger partial charge in [-0.1, -0.05) is 27.7 Å². The van der Waals surface area contributed by atoms with Crippen molar-refractivity contribution in [3.8, 4) is 0 Å². The highest BCUT2D eigenvalue weighted by Crippen LogP contribution is 2.66. The molecule has 5 heteroatoms. The Kier molecular flexibility index (Phi) is 4.44. The minimum absolute atomic E-state index is 0.104. The van der Waals surface area contributed by atoms with Crippen molar-refractivity contribution in [1.82, 2.24) is 0 Å². The third kappa shape index (κ3) is 2.79. The highest BCUT2D eigenvalue weighted by molar-refractivity contribution is 6.47. The number of ketones is 1. The lowest BCUT2D eigenvalue weighted by molar-refractivity contribution is -0.199. The lowest BCUT2D eigenvalue weighted by Gasteiger charge is -2.64. The number of hydrogen-bond acceptors (Lipinski definition) is 4. The van der Waals surface area contributed by atoms with E-state index in [4.69, 9.17) is 15.0 Å². The Morgan fingerprint density at radius 1 is 1.30 bits per heavy atom. The fraction of sp³-hybridized carbons (Fsp3) is 0.944. The summed E-state index contributed by atoms with van der Waals surface area (Å²) in [6.07, 6.45) is 3.95. The Labute approximate surface area is 141 Å². The van der Waals surface area contributed by atoms with Gasteiger partial charge in [-0.05, 0) is 49.4 Å². The predicted octanol–water partition coefficient (Wildman–Crippen LogP) is 3.05. The van der Waals surface area contributed by atoms with Crippen LogP contribution in [0.15, 0.2) is 0 Å². The molecular formula is C18H32BNO3. The lowest BCUT2D eigenvalue weighted by Crippen LogP contribution is -2.65. The highest BCUT2D eigenvalue weighted by atomic mass is 16.7. The van der Waals surface area contributed by atoms with Crippen molar-refractivity contribution >= 4 is 12.9 Å². The maximum Gasteiger partial charge on any atom is 0.461 e. The first-order valence-electron chi connectivity index (χ1n) is 9.23. The second kappa shape index (κ2) is 5.85. The van der Waals surface area contributed by atoms with E-state index in [2.05, 4.69) is 34.6 Å². The van der Waals surface area contributed by atoms with Crippen LogP contribution in [0.4, 0.5) is 0 Å². The summed E-state index contributed by atoms with van der Waals surface area (Å²) in [4.78, 5) is 11.9. The van der Waals surface area contributed by atoms with E-state index in [1.54, 1.807) is 0 Å². The summed E-state index contributed by atoms with van der Waals surface area (Å²) in [5.41, 5.74) is 5.69. The first-order valence-corrected chi connectivity index (χ1v) is 9.23. The van der Waals surface area contributed by atoms with E-state index in [1.807, 2.05) is 0 Å². The van der Waals surface area contributed by atoms with Crippen molar-refractivity contribution in [2.75, 3.05) is 6.54 Å². The van der Waals surface area contributed by atoms with Crippen molar-refractivity contribution in [1.29, 1.82) is 0 Å². The van der Waals surface area contributed by atoms with Gasteiger partial charge in [0.05, 0.1) is 18.2 Å². The van der Waals surface area contributed by atoms with Gasteiger partial charge in [-0.15, -0.1) is 0 Å². The molecule has 1 heterocycles. The summed E-state index contributed by atoms with van der Waals surface area (Å²) in [5.74, 6) is 2.05. The molecule has 1 saturated heterocycles. The maximum atomic E-state index is 11.9. The average molecular weight is 321 g/mol. The molecule has 0 aromatic heterocycles. The van der Waals surface area contributed by atoms with E-state index in [9.17, 15) is 4.79 Å². The van der Waals surface area contributed by atoms with Crippen LogP contribution in [0.2, 0.25) is 5.82 Å². The molecule has 0 aromatic carbocycles. The Bertz CT molecular complexity index is 481. The van der Waals surface area contributed by atoms with Gasteiger partial charge in [-0.2, -0.15) is 0 Å². The van der Waals surface area contributed by atoms with Crippen molar-refractivity contribution in [2.24, 2.45) is 28.9 Å². The quantitative estimate of drug-likeness (QED) is 0.764. The van der Waals surface area contributed by atoms with Crippen molar-refractivity contribution in [3.05, 3.63) is 0 Å². The van der Waals surface area contributed by atoms with Gasteiger partial charge >= 0.3 is 7.12 Å². The second-order valence-electron chi connectivity index (χ2n) is 9.17. The van der Waals surface area contributed by atoms with Crippen LogP contribution in [0.25, 0.3) is 0 Å². The number of Topliss-reactive ketones (excluding diaryl/α,β-unsaturated/α-hetero) is 1. The van der Waals surface area contributed by atoms with E-state index < -0.39 is 0 Å². The molecular weight excluding hydrogens is 289 g/mol. The third-order valence-corrected chi connectivity index (χ3v) is 6.85. The first kappa shape index (κ1) is 17.4. The van der Waals surface area contributed by atoms with Crippen molar-refractivity contribution in [2.45, 2.75) is 77.8 Å². The molecule has 130 valence electrons. The Morgan fingerprint density at radius 2 is 2.00 bits per heavy atom. The van der Waals surface area contributed by atoms with Gasteiger partial charge in [0.15, 0.2) is 0 Å². The van der Waals surface area contributed by atoms with E-state index in [0.29, 0.717) is 23.7 Å². The normalized spacial score (nSPS) is 39.1. The van der Waals surface area contributed by atoms with E-state index in [-0.39, 0.29) is 37.0 Å². The minimum atomic E-state index is -0.252. The molecule has 4 rings (SSSR count). The average Bonchev–Trinajstić information content (AvgIpc) is 2.82. The number of rotatable bonds is 6. The first-order chi connectivity index (χ1) is 10.7. The standard InChI is InChI=1S/C18H32BNO3/c1-11(2)6-13(9-14(21)10-20)19-22-16-8-12-7-15(17(12,3)4)18(16,5)23-19/h11-13,15-16H,6-10,20H2,1-5H3/t12-,13+,15?,16+,18-/m0/s1. The fourth-order valence-corrected chi connectivity index (χ4v) is 5.37. The SMILES string of the molecule is CC(C)C[C@H](CC(=O)CN)B1O[C@@H]2C[C@@H]3CC(C3(C)C)[C@]2(C)O1. The summed E-state index contributed by atoms with van der Waals surface area (Å²) in [6.45, 7) is 11.4. The van der Waals surface area contributed by atoms with Crippen LogP contribution in [0.5, 0.6) is 0 Å². The van der Waals surface area contributed by atoms with Gasteiger partial charge in [0.1, 0.15) is 5.78 Å². The number of nitrogens with two attached hydrogens (primary N) is 1. The molecule has 3 saturated carbocycles. The zero-order valence-electron chi connectivity index (χ0n) is 15.3. The van der Waals surface area contributed by atoms with E-state index in [1.165, 1.54) is 6.42 Å². The smallest absolute Gasteiger partial charge is 0.405 e. The molecule has 0 amide bonds. The van der Waals surface area contributed by atoms with Crippen molar-refractivity contribution < 1.29 is 14.1 Å².